The molecule has 2 amide bonds. The second-order valence-electron chi connectivity index (χ2n) is 4.28. The molecule has 1 saturated heterocycles. The van der Waals surface area contributed by atoms with E-state index in [2.05, 4.69) is 5.32 Å². The van der Waals surface area contributed by atoms with E-state index in [0.29, 0.717) is 6.61 Å². The van der Waals surface area contributed by atoms with Crippen LogP contribution in [0, 0.1) is 5.92 Å². The van der Waals surface area contributed by atoms with Gasteiger partial charge in [0.25, 0.3) is 0 Å². The Labute approximate surface area is 95.7 Å². The minimum atomic E-state index is -0.596. The summed E-state index contributed by atoms with van der Waals surface area (Å²) in [6.07, 6.45) is 1.99. The fraction of sp³-hybridized carbons (Fsp3) is 0.818. The average molecular weight is 228 g/mol. The lowest BCUT2D eigenvalue weighted by Gasteiger charge is -2.22. The van der Waals surface area contributed by atoms with Crippen LogP contribution in [0.15, 0.2) is 0 Å². The zero-order valence-corrected chi connectivity index (χ0v) is 9.86. The van der Waals surface area contributed by atoms with E-state index in [9.17, 15) is 9.59 Å². The first-order chi connectivity index (χ1) is 7.56. The number of nitrogens with two attached hydrogens (primary N) is 1. The molecule has 1 rings (SSSR count). The Kier molecular flexibility index (Phi) is 4.73. The summed E-state index contributed by atoms with van der Waals surface area (Å²) in [5.74, 6) is -0.662. The highest BCUT2D eigenvalue weighted by Crippen LogP contribution is 2.13. The maximum atomic E-state index is 11.7. The number of amides is 2. The van der Waals surface area contributed by atoms with Gasteiger partial charge in [0.1, 0.15) is 12.1 Å². The van der Waals surface area contributed by atoms with Gasteiger partial charge in [-0.25, -0.2) is 0 Å². The summed E-state index contributed by atoms with van der Waals surface area (Å²) in [6, 6.07) is -0.596. The molecule has 0 aromatic heterocycles. The third kappa shape index (κ3) is 3.20. The quantitative estimate of drug-likeness (QED) is 0.704. The first-order valence-electron chi connectivity index (χ1n) is 5.77. The van der Waals surface area contributed by atoms with Crippen LogP contribution in [0.3, 0.4) is 0 Å². The lowest BCUT2D eigenvalue weighted by atomic mass is 9.98. The average Bonchev–Trinajstić information content (AvgIpc) is 2.77. The highest BCUT2D eigenvalue weighted by molar-refractivity contribution is 5.88. The van der Waals surface area contributed by atoms with Crippen LogP contribution in [0.5, 0.6) is 0 Å². The zero-order chi connectivity index (χ0) is 12.1. The SMILES string of the molecule is CC[C@@H](C)[C@H](NC(=O)[C@@H]1CCCO1)C(N)=O. The summed E-state index contributed by atoms with van der Waals surface area (Å²) in [6.45, 7) is 4.46. The molecule has 0 radical (unpaired) electrons. The number of carbonyl (C=O) groups excluding carboxylic acids is 2. The Morgan fingerprint density at radius 3 is 2.69 bits per heavy atom. The van der Waals surface area contributed by atoms with Crippen LogP contribution < -0.4 is 11.1 Å². The van der Waals surface area contributed by atoms with E-state index in [4.69, 9.17) is 10.5 Å². The van der Waals surface area contributed by atoms with Crippen molar-refractivity contribution in [2.45, 2.75) is 45.3 Å². The molecule has 0 aliphatic carbocycles. The van der Waals surface area contributed by atoms with Gasteiger partial charge in [-0.15, -0.1) is 0 Å². The maximum Gasteiger partial charge on any atom is 0.249 e. The third-order valence-electron chi connectivity index (χ3n) is 3.04. The third-order valence-corrected chi connectivity index (χ3v) is 3.04. The summed E-state index contributed by atoms with van der Waals surface area (Å²) in [5, 5.41) is 2.67. The number of hydrogen-bond donors (Lipinski definition) is 2. The van der Waals surface area contributed by atoms with Crippen molar-refractivity contribution < 1.29 is 14.3 Å². The lowest BCUT2D eigenvalue weighted by Crippen LogP contribution is -2.51. The molecule has 1 heterocycles. The van der Waals surface area contributed by atoms with Crippen molar-refractivity contribution in [2.75, 3.05) is 6.61 Å². The first-order valence-corrected chi connectivity index (χ1v) is 5.77. The van der Waals surface area contributed by atoms with E-state index < -0.39 is 18.1 Å². The summed E-state index contributed by atoms with van der Waals surface area (Å²) in [5.41, 5.74) is 5.27. The summed E-state index contributed by atoms with van der Waals surface area (Å²) in [4.78, 5) is 23.0. The predicted molar refractivity (Wildman–Crippen MR) is 59.6 cm³/mol. The van der Waals surface area contributed by atoms with Crippen LogP contribution >= 0.6 is 0 Å². The van der Waals surface area contributed by atoms with Gasteiger partial charge in [-0.05, 0) is 18.8 Å². The van der Waals surface area contributed by atoms with Crippen LogP contribution in [0.25, 0.3) is 0 Å². The van der Waals surface area contributed by atoms with Crippen LogP contribution in [0.2, 0.25) is 0 Å². The van der Waals surface area contributed by atoms with Gasteiger partial charge in [0, 0.05) is 6.61 Å². The fourth-order valence-electron chi connectivity index (χ4n) is 1.76. The normalized spacial score (nSPS) is 23.8. The van der Waals surface area contributed by atoms with Gasteiger partial charge in [0.15, 0.2) is 0 Å². The summed E-state index contributed by atoms with van der Waals surface area (Å²) in [7, 11) is 0. The first kappa shape index (κ1) is 13.0. The molecule has 3 atom stereocenters. The maximum absolute atomic E-state index is 11.7. The van der Waals surface area contributed by atoms with Crippen molar-refractivity contribution in [1.82, 2.24) is 5.32 Å². The molecule has 5 nitrogen and oxygen atoms in total. The predicted octanol–water partition coefficient (Wildman–Crippen LogP) is 0.182. The van der Waals surface area contributed by atoms with Gasteiger partial charge in [-0.1, -0.05) is 20.3 Å². The van der Waals surface area contributed by atoms with Gasteiger partial charge >= 0.3 is 0 Å². The molecule has 5 heteroatoms. The van der Waals surface area contributed by atoms with Crippen molar-refractivity contribution in [3.8, 4) is 0 Å². The Bertz CT molecular complexity index is 262. The minimum absolute atomic E-state index is 0.0443. The molecule has 0 unspecified atom stereocenters. The zero-order valence-electron chi connectivity index (χ0n) is 9.86. The van der Waals surface area contributed by atoms with E-state index in [-0.39, 0.29) is 11.8 Å². The van der Waals surface area contributed by atoms with Crippen molar-refractivity contribution in [3.63, 3.8) is 0 Å². The molecule has 0 spiro atoms. The molecule has 0 aromatic carbocycles. The smallest absolute Gasteiger partial charge is 0.249 e. The molecular weight excluding hydrogens is 208 g/mol. The monoisotopic (exact) mass is 228 g/mol. The van der Waals surface area contributed by atoms with E-state index in [1.165, 1.54) is 0 Å². The second kappa shape index (κ2) is 5.84. The van der Waals surface area contributed by atoms with Gasteiger partial charge in [-0.2, -0.15) is 0 Å². The van der Waals surface area contributed by atoms with E-state index in [1.807, 2.05) is 13.8 Å². The number of rotatable bonds is 5. The molecular formula is C11H20N2O3. The number of ether oxygens (including phenoxy) is 1. The fourth-order valence-corrected chi connectivity index (χ4v) is 1.76. The van der Waals surface area contributed by atoms with E-state index in [1.54, 1.807) is 0 Å². The van der Waals surface area contributed by atoms with Gasteiger partial charge in [-0.3, -0.25) is 9.59 Å². The van der Waals surface area contributed by atoms with Gasteiger partial charge in [0.2, 0.25) is 11.8 Å². The van der Waals surface area contributed by atoms with Crippen LogP contribution in [0.1, 0.15) is 33.1 Å². The number of carbonyl (C=O) groups is 2. The summed E-state index contributed by atoms with van der Waals surface area (Å²) >= 11 is 0. The summed E-state index contributed by atoms with van der Waals surface area (Å²) < 4.78 is 5.24. The Morgan fingerprint density at radius 1 is 1.56 bits per heavy atom. The minimum Gasteiger partial charge on any atom is -0.368 e. The van der Waals surface area contributed by atoms with E-state index in [0.717, 1.165) is 19.3 Å². The van der Waals surface area contributed by atoms with Gasteiger partial charge in [0.05, 0.1) is 0 Å². The van der Waals surface area contributed by atoms with Gasteiger partial charge < -0.3 is 15.8 Å². The standard InChI is InChI=1S/C11H20N2O3/c1-3-7(2)9(10(12)14)13-11(15)8-5-4-6-16-8/h7-9H,3-6H2,1-2H3,(H2,12,14)(H,13,15)/t7-,8+,9+/m1/s1. The largest absolute Gasteiger partial charge is 0.368 e. The highest BCUT2D eigenvalue weighted by Gasteiger charge is 2.29. The van der Waals surface area contributed by atoms with Crippen molar-refractivity contribution in [2.24, 2.45) is 11.7 Å². The van der Waals surface area contributed by atoms with Crippen LogP contribution in [-0.4, -0.2) is 30.6 Å². The molecule has 1 fully saturated rings. The van der Waals surface area contributed by atoms with Crippen molar-refractivity contribution in [1.29, 1.82) is 0 Å². The second-order valence-corrected chi connectivity index (χ2v) is 4.28. The van der Waals surface area contributed by atoms with Crippen molar-refractivity contribution in [3.05, 3.63) is 0 Å². The molecule has 0 bridgehead atoms. The number of primary amides is 1. The van der Waals surface area contributed by atoms with Crippen molar-refractivity contribution >= 4 is 11.8 Å². The molecule has 1 aliphatic heterocycles. The Morgan fingerprint density at radius 2 is 2.25 bits per heavy atom. The molecule has 16 heavy (non-hydrogen) atoms. The topological polar surface area (TPSA) is 81.4 Å². The highest BCUT2D eigenvalue weighted by atomic mass is 16.5. The lowest BCUT2D eigenvalue weighted by molar-refractivity contribution is -0.134. The number of nitrogens with one attached hydrogen (secondary N) is 1. The number of hydrogen-bond acceptors (Lipinski definition) is 3. The Hall–Kier alpha value is -1.10. The van der Waals surface area contributed by atoms with Crippen LogP contribution in [0.4, 0.5) is 0 Å². The molecule has 3 N–H and O–H groups in total. The molecule has 1 aliphatic rings. The molecule has 0 aromatic rings. The van der Waals surface area contributed by atoms with Crippen LogP contribution in [-0.2, 0) is 14.3 Å². The Balaban J connectivity index is 2.53. The molecule has 0 saturated carbocycles. The molecule has 92 valence electrons. The van der Waals surface area contributed by atoms with E-state index >= 15 is 0 Å².